The number of allylic oxidation sites excluding steroid dienone is 2. The minimum atomic E-state index is -0.960. The smallest absolute Gasteiger partial charge is 0.331 e. The van der Waals surface area contributed by atoms with Crippen molar-refractivity contribution in [3.63, 3.8) is 0 Å². The Bertz CT molecular complexity index is 504. The number of rotatable bonds is 5. The highest BCUT2D eigenvalue weighted by molar-refractivity contribution is 5.87. The van der Waals surface area contributed by atoms with Crippen LogP contribution in [0.3, 0.4) is 0 Å². The van der Waals surface area contributed by atoms with E-state index in [-0.39, 0.29) is 23.7 Å². The molecule has 0 spiro atoms. The van der Waals surface area contributed by atoms with Crippen molar-refractivity contribution in [3.05, 3.63) is 23.3 Å². The molecule has 4 atom stereocenters. The summed E-state index contributed by atoms with van der Waals surface area (Å²) in [6.45, 7) is 3.60. The lowest BCUT2D eigenvalue weighted by Crippen LogP contribution is -2.20. The van der Waals surface area contributed by atoms with Crippen LogP contribution in [0.15, 0.2) is 23.3 Å². The van der Waals surface area contributed by atoms with Crippen LogP contribution in [0.1, 0.15) is 33.1 Å². The van der Waals surface area contributed by atoms with Crippen LogP contribution < -0.4 is 0 Å². The molecule has 0 aliphatic heterocycles. The van der Waals surface area contributed by atoms with E-state index < -0.39 is 18.0 Å². The fourth-order valence-electron chi connectivity index (χ4n) is 3.43. The zero-order valence-corrected chi connectivity index (χ0v) is 11.7. The first-order valence-corrected chi connectivity index (χ1v) is 6.79. The van der Waals surface area contributed by atoms with Crippen molar-refractivity contribution in [1.29, 1.82) is 0 Å². The van der Waals surface area contributed by atoms with Crippen molar-refractivity contribution in [2.45, 2.75) is 39.2 Å². The van der Waals surface area contributed by atoms with Gasteiger partial charge in [-0.05, 0) is 37.0 Å². The zero-order valence-electron chi connectivity index (χ0n) is 11.7. The first-order chi connectivity index (χ1) is 9.27. The summed E-state index contributed by atoms with van der Waals surface area (Å²) < 4.78 is 0. The molecule has 0 radical (unpaired) electrons. The number of carboxylic acids is 2. The molecule has 2 rings (SSSR count). The molecule has 0 aromatic rings. The van der Waals surface area contributed by atoms with Gasteiger partial charge >= 0.3 is 11.9 Å². The Morgan fingerprint density at radius 3 is 2.65 bits per heavy atom. The van der Waals surface area contributed by atoms with Gasteiger partial charge in [0.15, 0.2) is 0 Å². The summed E-state index contributed by atoms with van der Waals surface area (Å²) in [6.07, 6.45) is 4.44. The van der Waals surface area contributed by atoms with Gasteiger partial charge in [-0.2, -0.15) is 0 Å². The fourth-order valence-corrected chi connectivity index (χ4v) is 3.43. The largest absolute Gasteiger partial charge is 0.478 e. The molecular weight excluding hydrogens is 260 g/mol. The maximum atomic E-state index is 11.0. The number of aliphatic carboxylic acids is 2. The highest BCUT2D eigenvalue weighted by Crippen LogP contribution is 2.66. The number of aliphatic hydroxyl groups is 1. The quantitative estimate of drug-likeness (QED) is 0.668. The molecule has 0 unspecified atom stereocenters. The number of fused-ring (bicyclic) bond motifs is 1. The summed E-state index contributed by atoms with van der Waals surface area (Å²) in [6, 6.07) is 0. The van der Waals surface area contributed by atoms with E-state index in [0.717, 1.165) is 6.42 Å². The predicted molar refractivity (Wildman–Crippen MR) is 72.1 cm³/mol. The van der Waals surface area contributed by atoms with Crippen LogP contribution >= 0.6 is 0 Å². The van der Waals surface area contributed by atoms with Crippen molar-refractivity contribution in [3.8, 4) is 0 Å². The molecule has 2 aliphatic rings. The lowest BCUT2D eigenvalue weighted by atomic mass is 9.95. The van der Waals surface area contributed by atoms with Gasteiger partial charge in [0, 0.05) is 17.6 Å². The number of aliphatic hydroxyl groups excluding tert-OH is 1. The minimum absolute atomic E-state index is 0.0934. The summed E-state index contributed by atoms with van der Waals surface area (Å²) in [5.41, 5.74) is 0.491. The minimum Gasteiger partial charge on any atom is -0.478 e. The van der Waals surface area contributed by atoms with Gasteiger partial charge in [0.1, 0.15) is 0 Å². The summed E-state index contributed by atoms with van der Waals surface area (Å²) in [7, 11) is 0. The zero-order chi connectivity index (χ0) is 15.1. The fraction of sp³-hybridized carbons (Fsp3) is 0.600. The Kier molecular flexibility index (Phi) is 3.73. The second kappa shape index (κ2) is 5.05. The van der Waals surface area contributed by atoms with Crippen molar-refractivity contribution < 1.29 is 24.9 Å². The Morgan fingerprint density at radius 2 is 2.10 bits per heavy atom. The maximum Gasteiger partial charge on any atom is 0.331 e. The number of hydrogen-bond donors (Lipinski definition) is 3. The van der Waals surface area contributed by atoms with Crippen LogP contribution in [-0.2, 0) is 9.59 Å². The third-order valence-electron chi connectivity index (χ3n) is 4.77. The predicted octanol–water partition coefficient (Wildman–Crippen LogP) is 1.83. The van der Waals surface area contributed by atoms with Crippen LogP contribution in [0.2, 0.25) is 0 Å². The average Bonchev–Trinajstić information content (AvgIpc) is 2.95. The Morgan fingerprint density at radius 1 is 1.45 bits per heavy atom. The molecule has 0 bridgehead atoms. The Labute approximate surface area is 117 Å². The molecular formula is C15H20O5. The lowest BCUT2D eigenvalue weighted by molar-refractivity contribution is -0.133. The van der Waals surface area contributed by atoms with Gasteiger partial charge in [0.2, 0.25) is 0 Å². The van der Waals surface area contributed by atoms with Gasteiger partial charge in [-0.25, -0.2) is 9.59 Å². The van der Waals surface area contributed by atoms with E-state index in [4.69, 9.17) is 10.2 Å². The van der Waals surface area contributed by atoms with Gasteiger partial charge < -0.3 is 15.3 Å². The molecule has 0 saturated heterocycles. The Hall–Kier alpha value is -1.62. The normalized spacial score (nSPS) is 36.0. The van der Waals surface area contributed by atoms with Crippen molar-refractivity contribution in [2.24, 2.45) is 17.3 Å². The van der Waals surface area contributed by atoms with Gasteiger partial charge in [-0.3, -0.25) is 0 Å². The van der Waals surface area contributed by atoms with E-state index >= 15 is 0 Å². The molecule has 5 heteroatoms. The van der Waals surface area contributed by atoms with Crippen LogP contribution in [0.5, 0.6) is 0 Å². The van der Waals surface area contributed by atoms with Crippen molar-refractivity contribution in [1.82, 2.24) is 0 Å². The summed E-state index contributed by atoms with van der Waals surface area (Å²) in [5.74, 6) is -1.69. The number of carbonyl (C=O) groups is 2. The number of carboxylic acid groups (broad SMARTS) is 2. The monoisotopic (exact) mass is 280 g/mol. The average molecular weight is 280 g/mol. The van der Waals surface area contributed by atoms with Crippen LogP contribution in [0.25, 0.3) is 0 Å². The van der Waals surface area contributed by atoms with Crippen LogP contribution in [0.4, 0.5) is 0 Å². The topological polar surface area (TPSA) is 94.8 Å². The second-order valence-electron chi connectivity index (χ2n) is 6.06. The van der Waals surface area contributed by atoms with E-state index in [1.54, 1.807) is 19.1 Å². The van der Waals surface area contributed by atoms with Gasteiger partial charge in [0.25, 0.3) is 0 Å². The van der Waals surface area contributed by atoms with E-state index in [1.807, 2.05) is 6.92 Å². The van der Waals surface area contributed by atoms with Crippen LogP contribution in [-0.4, -0.2) is 33.4 Å². The van der Waals surface area contributed by atoms with Gasteiger partial charge in [0.05, 0.1) is 6.10 Å². The summed E-state index contributed by atoms with van der Waals surface area (Å²) in [5, 5.41) is 27.9. The third kappa shape index (κ3) is 2.50. The molecule has 3 N–H and O–H groups in total. The van der Waals surface area contributed by atoms with Crippen LogP contribution in [0, 0.1) is 17.3 Å². The first kappa shape index (κ1) is 14.8. The number of hydrogen-bond acceptors (Lipinski definition) is 3. The third-order valence-corrected chi connectivity index (χ3v) is 4.77. The van der Waals surface area contributed by atoms with Crippen molar-refractivity contribution >= 4 is 11.9 Å². The summed E-state index contributed by atoms with van der Waals surface area (Å²) >= 11 is 0. The molecule has 110 valence electrons. The van der Waals surface area contributed by atoms with E-state index in [9.17, 15) is 14.7 Å². The molecule has 2 aliphatic carbocycles. The van der Waals surface area contributed by atoms with Gasteiger partial charge in [-0.15, -0.1) is 0 Å². The molecule has 5 nitrogen and oxygen atoms in total. The maximum absolute atomic E-state index is 11.0. The Balaban J connectivity index is 2.03. The molecule has 1 saturated carbocycles. The van der Waals surface area contributed by atoms with E-state index in [1.165, 1.54) is 0 Å². The summed E-state index contributed by atoms with van der Waals surface area (Å²) in [4.78, 5) is 21.7. The van der Waals surface area contributed by atoms with E-state index in [2.05, 4.69) is 0 Å². The van der Waals surface area contributed by atoms with Gasteiger partial charge in [-0.1, -0.05) is 19.1 Å². The molecule has 1 fully saturated rings. The highest BCUT2D eigenvalue weighted by Gasteiger charge is 2.63. The second-order valence-corrected chi connectivity index (χ2v) is 6.06. The SMILES string of the molecule is C/C(=C\CC[C@]1(C)[C@@H]2[C@H]1C=C(C(=O)O)C[C@@H]2O)C(=O)O. The lowest BCUT2D eigenvalue weighted by Gasteiger charge is -2.15. The van der Waals surface area contributed by atoms with Crippen molar-refractivity contribution in [2.75, 3.05) is 0 Å². The molecule has 0 aromatic carbocycles. The molecule has 0 heterocycles. The molecule has 20 heavy (non-hydrogen) atoms. The van der Waals surface area contributed by atoms with E-state index in [0.29, 0.717) is 17.6 Å². The molecule has 0 aromatic heterocycles. The first-order valence-electron chi connectivity index (χ1n) is 6.79. The highest BCUT2D eigenvalue weighted by atomic mass is 16.4. The molecule has 0 amide bonds. The standard InChI is InChI=1S/C15H20O5/c1-8(13(17)18)4-3-5-15(2)10-6-9(14(19)20)7-11(16)12(10)15/h4,6,10-12,16H,3,5,7H2,1-2H3,(H,17,18)(H,19,20)/b8-4+/t10-,11+,12-,15+/m1/s1.